The summed E-state index contributed by atoms with van der Waals surface area (Å²) in [7, 11) is 1.50. The van der Waals surface area contributed by atoms with Crippen molar-refractivity contribution in [3.8, 4) is 0 Å². The number of ketones is 1. The molecule has 0 radical (unpaired) electrons. The van der Waals surface area contributed by atoms with Crippen molar-refractivity contribution < 1.29 is 43.1 Å². The van der Waals surface area contributed by atoms with Crippen molar-refractivity contribution in [3.05, 3.63) is 48.6 Å². The van der Waals surface area contributed by atoms with Crippen LogP contribution >= 0.6 is 7.82 Å². The van der Waals surface area contributed by atoms with Crippen LogP contribution in [-0.4, -0.2) is 90.0 Å². The van der Waals surface area contributed by atoms with Gasteiger partial charge in [-0.25, -0.2) is 4.57 Å². The summed E-state index contributed by atoms with van der Waals surface area (Å²) in [6, 6.07) is 0. The molecule has 0 rings (SSSR count). The first-order valence-corrected chi connectivity index (χ1v) is 22.9. The molecule has 54 heavy (non-hydrogen) atoms. The number of allylic oxidation sites excluding steroid dienone is 8. The topological polar surface area (TPSA) is 134 Å². The molecule has 0 amide bonds. The number of phosphoric ester groups is 1. The number of hydrogen-bond acceptors (Lipinski definition) is 6. The number of nitrogens with zero attached hydrogens (tertiary/aromatic N) is 1. The van der Waals surface area contributed by atoms with Gasteiger partial charge in [0.15, 0.2) is 5.78 Å². The van der Waals surface area contributed by atoms with Crippen molar-refractivity contribution in [2.24, 2.45) is 0 Å². The van der Waals surface area contributed by atoms with Crippen molar-refractivity contribution in [1.29, 1.82) is 0 Å². The van der Waals surface area contributed by atoms with Gasteiger partial charge in [0, 0.05) is 13.0 Å². The molecule has 0 aromatic rings. The lowest BCUT2D eigenvalue weighted by molar-refractivity contribution is -0.870. The summed E-state index contributed by atoms with van der Waals surface area (Å²) in [6.07, 6.45) is 43.4. The number of ether oxygens (including phenoxy) is 1. The number of quaternary nitrogens is 1. The van der Waals surface area contributed by atoms with Gasteiger partial charge >= 0.3 is 7.82 Å². The number of likely N-dealkylation sites (N-methyl/N-ethyl adjacent to an activating group) is 1. The Morgan fingerprint density at radius 2 is 1.02 bits per heavy atom. The molecule has 0 saturated carbocycles. The van der Waals surface area contributed by atoms with Crippen LogP contribution in [0.5, 0.6) is 0 Å². The molecular weight excluding hydrogens is 701 g/mol. The highest BCUT2D eigenvalue weighted by Crippen LogP contribution is 2.35. The quantitative estimate of drug-likeness (QED) is 0.0212. The lowest BCUT2D eigenvalue weighted by atomic mass is 10.0. The van der Waals surface area contributed by atoms with Gasteiger partial charge in [0.2, 0.25) is 0 Å². The third-order valence-electron chi connectivity index (χ3n) is 8.96. The van der Waals surface area contributed by atoms with E-state index in [2.05, 4.69) is 67.0 Å². The van der Waals surface area contributed by atoms with Crippen LogP contribution in [0.1, 0.15) is 168 Å². The summed E-state index contributed by atoms with van der Waals surface area (Å²) in [5.41, 5.74) is 0. The number of aliphatic hydroxyl groups is 2. The monoisotopic (exact) mass is 787 g/mol. The highest BCUT2D eigenvalue weighted by Gasteiger charge is 2.25. The zero-order valence-corrected chi connectivity index (χ0v) is 36.3. The van der Waals surface area contributed by atoms with Gasteiger partial charge < -0.3 is 29.2 Å². The van der Waals surface area contributed by atoms with E-state index in [-0.39, 0.29) is 19.0 Å². The van der Waals surface area contributed by atoms with Crippen molar-refractivity contribution in [2.75, 3.05) is 47.5 Å². The molecule has 4 N–H and O–H groups in total. The number of rotatable bonds is 37. The summed E-state index contributed by atoms with van der Waals surface area (Å²) in [4.78, 5) is 29.0. The average molecular weight is 787 g/mol. The maximum absolute atomic E-state index is 12.4. The van der Waals surface area contributed by atoms with Crippen molar-refractivity contribution in [1.82, 2.24) is 0 Å². The Hall–Kier alpha value is -1.42. The van der Waals surface area contributed by atoms with Crippen molar-refractivity contribution in [2.45, 2.75) is 180 Å². The van der Waals surface area contributed by atoms with Crippen LogP contribution in [0.4, 0.5) is 0 Å². The number of carbonyl (C=O) groups excluding carboxylic acids is 1. The maximum Gasteiger partial charge on any atom is 0.469 e. The number of hydrogen-bond donors (Lipinski definition) is 4. The molecule has 0 aliphatic rings. The molecule has 0 aliphatic carbocycles. The van der Waals surface area contributed by atoms with Gasteiger partial charge in [0.25, 0.3) is 0 Å². The largest absolute Gasteiger partial charge is 0.469 e. The molecule has 0 aromatic heterocycles. The van der Waals surface area contributed by atoms with Gasteiger partial charge in [-0.2, -0.15) is 0 Å². The number of unbranched alkanes of at least 4 members (excludes halogenated alkanes) is 17. The van der Waals surface area contributed by atoms with E-state index in [9.17, 15) is 19.6 Å². The van der Waals surface area contributed by atoms with E-state index in [1.54, 1.807) is 0 Å². The van der Waals surface area contributed by atoms with Crippen LogP contribution in [0.15, 0.2) is 48.6 Å². The fraction of sp³-hybridized carbons (Fsp3) is 0.795. The van der Waals surface area contributed by atoms with Crippen LogP contribution in [0.2, 0.25) is 0 Å². The zero-order chi connectivity index (χ0) is 40.6. The van der Waals surface area contributed by atoms with Crippen LogP contribution in [0.3, 0.4) is 0 Å². The van der Waals surface area contributed by atoms with E-state index < -0.39 is 20.0 Å². The van der Waals surface area contributed by atoms with Crippen molar-refractivity contribution >= 4 is 13.6 Å². The molecule has 0 aromatic carbocycles. The predicted molar refractivity (Wildman–Crippen MR) is 227 cm³/mol. The molecule has 318 valence electrons. The molecule has 10 heteroatoms. The molecular formula is C44H85NO8P+. The average Bonchev–Trinajstić information content (AvgIpc) is 3.11. The molecule has 0 heterocycles. The molecule has 9 nitrogen and oxygen atoms in total. The smallest absolute Gasteiger partial charge is 0.394 e. The minimum Gasteiger partial charge on any atom is -0.394 e. The van der Waals surface area contributed by atoms with Gasteiger partial charge in [0.1, 0.15) is 25.4 Å². The Bertz CT molecular complexity index is 986. The van der Waals surface area contributed by atoms with Gasteiger partial charge in [0.05, 0.1) is 27.7 Å². The Kier molecular flexibility index (Phi) is 40.3. The van der Waals surface area contributed by atoms with Gasteiger partial charge in [-0.15, -0.1) is 0 Å². The fourth-order valence-corrected chi connectivity index (χ4v) is 5.83. The van der Waals surface area contributed by atoms with E-state index in [1.165, 1.54) is 89.9 Å². The third kappa shape index (κ3) is 45.0. The maximum atomic E-state index is 12.4. The summed E-state index contributed by atoms with van der Waals surface area (Å²) in [6.45, 7) is 5.27. The Morgan fingerprint density at radius 3 is 1.44 bits per heavy atom. The van der Waals surface area contributed by atoms with E-state index >= 15 is 0 Å². The second kappa shape index (κ2) is 39.8. The summed E-state index contributed by atoms with van der Waals surface area (Å²) in [5, 5.41) is 20.0. The summed E-state index contributed by atoms with van der Waals surface area (Å²) in [5.74, 6) is -0.205. The van der Waals surface area contributed by atoms with Crippen LogP contribution in [0, 0.1) is 0 Å². The number of Topliss-reactive ketones (excluding diaryl/α,β-unsaturated/α-hetero) is 1. The Labute approximate surface area is 332 Å². The highest BCUT2D eigenvalue weighted by molar-refractivity contribution is 7.46. The molecule has 0 fully saturated rings. The van der Waals surface area contributed by atoms with E-state index in [4.69, 9.17) is 14.5 Å². The summed E-state index contributed by atoms with van der Waals surface area (Å²) < 4.78 is 20.7. The summed E-state index contributed by atoms with van der Waals surface area (Å²) >= 11 is 0. The van der Waals surface area contributed by atoms with E-state index in [0.29, 0.717) is 24.1 Å². The highest BCUT2D eigenvalue weighted by atomic mass is 31.2. The first-order chi connectivity index (χ1) is 25.9. The van der Waals surface area contributed by atoms with Crippen molar-refractivity contribution in [3.63, 3.8) is 0 Å². The first kappa shape index (κ1) is 54.7. The van der Waals surface area contributed by atoms with Gasteiger partial charge in [-0.05, 0) is 57.8 Å². The normalized spacial score (nSPS) is 13.7. The molecule has 1 unspecified atom stereocenters. The second-order valence-electron chi connectivity index (χ2n) is 15.4. The lowest BCUT2D eigenvalue weighted by Gasteiger charge is -2.23. The second-order valence-corrected chi connectivity index (χ2v) is 16.7. The Morgan fingerprint density at radius 1 is 0.611 bits per heavy atom. The molecule has 0 saturated heterocycles. The molecule has 0 bridgehead atoms. The number of carbonyl (C=O) groups is 1. The number of aliphatic hydroxyl groups excluding tert-OH is 2. The fourth-order valence-electron chi connectivity index (χ4n) is 5.51. The molecule has 0 spiro atoms. The van der Waals surface area contributed by atoms with Crippen LogP contribution < -0.4 is 0 Å². The van der Waals surface area contributed by atoms with Crippen LogP contribution in [0.25, 0.3) is 0 Å². The number of phosphoric acid groups is 1. The predicted octanol–water partition coefficient (Wildman–Crippen LogP) is 10.7. The minimum absolute atomic E-state index is 0.0772. The standard InChI is InChI=1S/C39H70O4.C5H14NO4P/c1-3-5-7-9-11-13-15-17-18-19-20-21-23-25-27-29-31-33-35-43-38(36-40)39(42)37(41)34-32-30-28-26-24-22-16-14-12-10-8-6-4-2;1-6(2,3)4-5-10-11(7,8)9/h11,13,17-18,20-21,25,27,38-40,42H,3-10,12,14-16,19,22-24,26,28-36H2,1-2H3;4-5H2,1-3H3,(H-,7,8,9)/p+1/b13-11-,18-17-,21-20-,27-25-;/t38-,39?;/m0./s1. The zero-order valence-electron chi connectivity index (χ0n) is 35.4. The van der Waals surface area contributed by atoms with E-state index in [1.807, 2.05) is 21.1 Å². The van der Waals surface area contributed by atoms with Gasteiger partial charge in [-0.3, -0.25) is 9.32 Å². The van der Waals surface area contributed by atoms with Gasteiger partial charge in [-0.1, -0.05) is 152 Å². The minimum atomic E-state index is -4.26. The third-order valence-corrected chi connectivity index (χ3v) is 9.48. The lowest BCUT2D eigenvalue weighted by Crippen LogP contribution is -2.38. The van der Waals surface area contributed by atoms with Crippen LogP contribution in [-0.2, 0) is 18.6 Å². The Balaban J connectivity index is 0. The SMILES string of the molecule is CCCCC/C=C\C/C=C\C/C=C\C/C=C\CCCCO[C@@H](CO)C(O)C(=O)CCCCCCCCCCCCCCC.C[N+](C)(C)CCOP(=O)(O)O. The van der Waals surface area contributed by atoms with E-state index in [0.717, 1.165) is 57.8 Å². The molecule has 2 atom stereocenters. The first-order valence-electron chi connectivity index (χ1n) is 21.4. The molecule has 0 aliphatic heterocycles.